The van der Waals surface area contributed by atoms with E-state index in [1.165, 1.54) is 6.07 Å². The Bertz CT molecular complexity index is 517. The first-order chi connectivity index (χ1) is 7.77. The summed E-state index contributed by atoms with van der Waals surface area (Å²) in [6, 6.07) is 2.58. The van der Waals surface area contributed by atoms with Crippen molar-refractivity contribution in [3.8, 4) is 0 Å². The first kappa shape index (κ1) is 14.4. The summed E-state index contributed by atoms with van der Waals surface area (Å²) in [4.78, 5) is 0.115. The van der Waals surface area contributed by atoms with Gasteiger partial charge >= 0.3 is 0 Å². The molecule has 0 saturated heterocycles. The van der Waals surface area contributed by atoms with Crippen LogP contribution in [0.15, 0.2) is 21.5 Å². The molecule has 1 atom stereocenters. The molecule has 0 saturated carbocycles. The molecule has 17 heavy (non-hydrogen) atoms. The fourth-order valence-corrected chi connectivity index (χ4v) is 3.48. The molecule has 4 N–H and O–H groups in total. The third-order valence-corrected chi connectivity index (χ3v) is 4.46. The minimum atomic E-state index is -3.67. The SMILES string of the molecule is Cc1c(N)cc(Br)cc1S(=O)(=O)N[C@H](C)CO. The summed E-state index contributed by atoms with van der Waals surface area (Å²) >= 11 is 3.20. The van der Waals surface area contributed by atoms with Gasteiger partial charge in [0.2, 0.25) is 10.0 Å². The minimum Gasteiger partial charge on any atom is -0.398 e. The van der Waals surface area contributed by atoms with Crippen LogP contribution < -0.4 is 10.5 Å². The molecule has 0 aliphatic heterocycles. The largest absolute Gasteiger partial charge is 0.398 e. The quantitative estimate of drug-likeness (QED) is 0.721. The van der Waals surface area contributed by atoms with Crippen LogP contribution in [0, 0.1) is 6.92 Å². The van der Waals surface area contributed by atoms with Crippen LogP contribution in [-0.4, -0.2) is 26.2 Å². The molecule has 0 aliphatic carbocycles. The molecule has 0 unspecified atom stereocenters. The van der Waals surface area contributed by atoms with Crippen LogP contribution in [0.5, 0.6) is 0 Å². The highest BCUT2D eigenvalue weighted by Crippen LogP contribution is 2.26. The van der Waals surface area contributed by atoms with Crippen molar-refractivity contribution in [1.29, 1.82) is 0 Å². The second-order valence-corrected chi connectivity index (χ2v) is 6.42. The topological polar surface area (TPSA) is 92.4 Å². The molecular formula is C10H15BrN2O3S. The van der Waals surface area contributed by atoms with Crippen molar-refractivity contribution in [2.45, 2.75) is 24.8 Å². The van der Waals surface area contributed by atoms with E-state index in [-0.39, 0.29) is 11.5 Å². The summed E-state index contributed by atoms with van der Waals surface area (Å²) in [6.45, 7) is 2.95. The maximum atomic E-state index is 12.0. The highest BCUT2D eigenvalue weighted by atomic mass is 79.9. The number of benzene rings is 1. The number of aliphatic hydroxyl groups is 1. The van der Waals surface area contributed by atoms with Gasteiger partial charge in [0.15, 0.2) is 0 Å². The highest BCUT2D eigenvalue weighted by Gasteiger charge is 2.20. The lowest BCUT2D eigenvalue weighted by Gasteiger charge is -2.14. The number of halogens is 1. The molecule has 0 aliphatic rings. The molecule has 0 aromatic heterocycles. The molecule has 0 radical (unpaired) electrons. The fraction of sp³-hybridized carbons (Fsp3) is 0.400. The maximum absolute atomic E-state index is 12.0. The summed E-state index contributed by atoms with van der Waals surface area (Å²) in [5.74, 6) is 0. The average molecular weight is 323 g/mol. The Labute approximate surface area is 109 Å². The van der Waals surface area contributed by atoms with Crippen molar-refractivity contribution in [2.75, 3.05) is 12.3 Å². The van der Waals surface area contributed by atoms with Gasteiger partial charge in [-0.05, 0) is 31.5 Å². The van der Waals surface area contributed by atoms with Crippen LogP contribution in [0.3, 0.4) is 0 Å². The van der Waals surface area contributed by atoms with E-state index < -0.39 is 16.1 Å². The van der Waals surface area contributed by atoms with E-state index in [1.807, 2.05) is 0 Å². The van der Waals surface area contributed by atoms with Crippen molar-refractivity contribution in [1.82, 2.24) is 4.72 Å². The van der Waals surface area contributed by atoms with E-state index in [0.717, 1.165) is 0 Å². The molecule has 0 spiro atoms. The lowest BCUT2D eigenvalue weighted by atomic mass is 10.2. The Hall–Kier alpha value is -0.630. The summed E-state index contributed by atoms with van der Waals surface area (Å²) < 4.78 is 27.0. The smallest absolute Gasteiger partial charge is 0.241 e. The van der Waals surface area contributed by atoms with Gasteiger partial charge in [-0.3, -0.25) is 0 Å². The second kappa shape index (κ2) is 5.34. The van der Waals surface area contributed by atoms with Crippen LogP contribution in [0.2, 0.25) is 0 Å². The van der Waals surface area contributed by atoms with E-state index in [9.17, 15) is 8.42 Å². The van der Waals surface area contributed by atoms with Gasteiger partial charge in [-0.1, -0.05) is 15.9 Å². The molecular weight excluding hydrogens is 308 g/mol. The van der Waals surface area contributed by atoms with Crippen LogP contribution in [-0.2, 0) is 10.0 Å². The third-order valence-electron chi connectivity index (χ3n) is 2.28. The molecule has 1 aromatic rings. The van der Waals surface area contributed by atoms with Crippen molar-refractivity contribution in [2.24, 2.45) is 0 Å². The molecule has 0 heterocycles. The monoisotopic (exact) mass is 322 g/mol. The van der Waals surface area contributed by atoms with Crippen molar-refractivity contribution >= 4 is 31.6 Å². The van der Waals surface area contributed by atoms with Crippen LogP contribution in [0.4, 0.5) is 5.69 Å². The van der Waals surface area contributed by atoms with Crippen molar-refractivity contribution in [3.63, 3.8) is 0 Å². The molecule has 7 heteroatoms. The molecule has 0 fully saturated rings. The van der Waals surface area contributed by atoms with Gasteiger partial charge in [-0.15, -0.1) is 0 Å². The van der Waals surface area contributed by atoms with Crippen molar-refractivity contribution < 1.29 is 13.5 Å². The van der Waals surface area contributed by atoms with Crippen LogP contribution in [0.25, 0.3) is 0 Å². The fourth-order valence-electron chi connectivity index (χ4n) is 1.32. The van der Waals surface area contributed by atoms with Gasteiger partial charge in [0.25, 0.3) is 0 Å². The molecule has 1 aromatic carbocycles. The van der Waals surface area contributed by atoms with Gasteiger partial charge in [0, 0.05) is 16.2 Å². The predicted octanol–water partition coefficient (Wildman–Crippen LogP) is 0.999. The minimum absolute atomic E-state index is 0.115. The first-order valence-electron chi connectivity index (χ1n) is 4.96. The van der Waals surface area contributed by atoms with E-state index in [4.69, 9.17) is 10.8 Å². The number of hydrogen-bond acceptors (Lipinski definition) is 4. The van der Waals surface area contributed by atoms with Gasteiger partial charge in [-0.25, -0.2) is 13.1 Å². The van der Waals surface area contributed by atoms with E-state index >= 15 is 0 Å². The number of nitrogens with two attached hydrogens (primary N) is 1. The highest BCUT2D eigenvalue weighted by molar-refractivity contribution is 9.10. The molecule has 0 bridgehead atoms. The van der Waals surface area contributed by atoms with Gasteiger partial charge in [-0.2, -0.15) is 0 Å². The average Bonchev–Trinajstić information content (AvgIpc) is 2.22. The summed E-state index contributed by atoms with van der Waals surface area (Å²) in [6.07, 6.45) is 0. The third kappa shape index (κ3) is 3.41. The second-order valence-electron chi connectivity index (χ2n) is 3.82. The number of nitrogen functional groups attached to an aromatic ring is 1. The van der Waals surface area contributed by atoms with Gasteiger partial charge in [0.05, 0.1) is 11.5 Å². The number of anilines is 1. The van der Waals surface area contributed by atoms with E-state index in [1.54, 1.807) is 19.9 Å². The van der Waals surface area contributed by atoms with E-state index in [0.29, 0.717) is 15.7 Å². The normalized spacial score (nSPS) is 13.6. The zero-order chi connectivity index (χ0) is 13.2. The zero-order valence-electron chi connectivity index (χ0n) is 9.57. The Morgan fingerprint density at radius 2 is 2.12 bits per heavy atom. The zero-order valence-corrected chi connectivity index (χ0v) is 12.0. The molecule has 5 nitrogen and oxygen atoms in total. The molecule has 96 valence electrons. The summed E-state index contributed by atoms with van der Waals surface area (Å²) in [5.41, 5.74) is 6.60. The number of hydrogen-bond donors (Lipinski definition) is 3. The Balaban J connectivity index is 3.24. The Morgan fingerprint density at radius 3 is 2.65 bits per heavy atom. The maximum Gasteiger partial charge on any atom is 0.241 e. The lowest BCUT2D eigenvalue weighted by molar-refractivity contribution is 0.265. The number of sulfonamides is 1. The number of aliphatic hydroxyl groups excluding tert-OH is 1. The first-order valence-corrected chi connectivity index (χ1v) is 7.24. The molecule has 0 amide bonds. The number of rotatable bonds is 4. The lowest BCUT2D eigenvalue weighted by Crippen LogP contribution is -2.35. The van der Waals surface area contributed by atoms with Crippen molar-refractivity contribution in [3.05, 3.63) is 22.2 Å². The van der Waals surface area contributed by atoms with Crippen LogP contribution in [0.1, 0.15) is 12.5 Å². The summed E-state index contributed by atoms with van der Waals surface area (Å²) in [7, 11) is -3.67. The number of nitrogens with one attached hydrogen (secondary N) is 1. The Kier molecular flexibility index (Phi) is 4.54. The van der Waals surface area contributed by atoms with E-state index in [2.05, 4.69) is 20.7 Å². The van der Waals surface area contributed by atoms with Gasteiger partial charge < -0.3 is 10.8 Å². The summed E-state index contributed by atoms with van der Waals surface area (Å²) in [5, 5.41) is 8.86. The van der Waals surface area contributed by atoms with Crippen LogP contribution >= 0.6 is 15.9 Å². The Morgan fingerprint density at radius 1 is 1.53 bits per heavy atom. The standard InChI is InChI=1S/C10H15BrN2O3S/c1-6(5-14)13-17(15,16)10-4-8(11)3-9(12)7(10)2/h3-4,6,13-14H,5,12H2,1-2H3/t6-/m1/s1. The van der Waals surface area contributed by atoms with Gasteiger partial charge in [0.1, 0.15) is 0 Å². The predicted molar refractivity (Wildman–Crippen MR) is 70.2 cm³/mol. The molecule has 1 rings (SSSR count).